The first-order valence-electron chi connectivity index (χ1n) is 8.38. The Balaban J connectivity index is 1.67. The molecule has 27 heavy (non-hydrogen) atoms. The Morgan fingerprint density at radius 3 is 2.70 bits per heavy atom. The number of thiazole rings is 1. The van der Waals surface area contributed by atoms with E-state index in [1.165, 1.54) is 11.3 Å². The van der Waals surface area contributed by atoms with E-state index in [9.17, 15) is 9.59 Å². The molecule has 0 radical (unpaired) electrons. The Kier molecular flexibility index (Phi) is 4.68. The molecule has 5 nitrogen and oxygen atoms in total. The molecular weight excluding hydrogens is 382 g/mol. The summed E-state index contributed by atoms with van der Waals surface area (Å²) >= 11 is 7.40. The Labute approximate surface area is 164 Å². The molecule has 2 aromatic carbocycles. The summed E-state index contributed by atoms with van der Waals surface area (Å²) in [5, 5.41) is 0.634. The highest BCUT2D eigenvalue weighted by Gasteiger charge is 2.16. The smallest absolute Gasteiger partial charge is 0.271 e. The number of rotatable bonds is 3. The Hall–Kier alpha value is -2.70. The van der Waals surface area contributed by atoms with Crippen LogP contribution in [0.2, 0.25) is 5.02 Å². The van der Waals surface area contributed by atoms with Gasteiger partial charge in [-0.1, -0.05) is 35.1 Å². The van der Waals surface area contributed by atoms with Crippen molar-refractivity contribution >= 4 is 40.5 Å². The number of carbonyl (C=O) groups is 1. The van der Waals surface area contributed by atoms with Crippen molar-refractivity contribution in [2.24, 2.45) is 4.99 Å². The molecule has 0 amide bonds. The molecule has 0 N–H and O–H groups in total. The van der Waals surface area contributed by atoms with E-state index in [-0.39, 0.29) is 11.3 Å². The fourth-order valence-electron chi connectivity index (χ4n) is 2.93. The third kappa shape index (κ3) is 3.59. The van der Waals surface area contributed by atoms with Crippen molar-refractivity contribution in [3.63, 3.8) is 0 Å². The van der Waals surface area contributed by atoms with Gasteiger partial charge in [-0.3, -0.25) is 14.2 Å². The first kappa shape index (κ1) is 17.7. The van der Waals surface area contributed by atoms with Crippen molar-refractivity contribution in [1.29, 1.82) is 0 Å². The summed E-state index contributed by atoms with van der Waals surface area (Å²) in [7, 11) is 0. The van der Waals surface area contributed by atoms with Crippen LogP contribution in [0.3, 0.4) is 0 Å². The Morgan fingerprint density at radius 2 is 2.00 bits per heavy atom. The van der Waals surface area contributed by atoms with E-state index in [0.29, 0.717) is 33.3 Å². The van der Waals surface area contributed by atoms with Gasteiger partial charge in [-0.2, -0.15) is 0 Å². The zero-order chi connectivity index (χ0) is 19.0. The summed E-state index contributed by atoms with van der Waals surface area (Å²) in [6.07, 6.45) is 1.84. The number of fused-ring (bicyclic) bond motifs is 1. The second-order valence-electron chi connectivity index (χ2n) is 6.27. The maximum Gasteiger partial charge on any atom is 0.271 e. The van der Waals surface area contributed by atoms with E-state index in [1.807, 2.05) is 41.3 Å². The fourth-order valence-corrected chi connectivity index (χ4v) is 4.09. The summed E-state index contributed by atoms with van der Waals surface area (Å²) in [4.78, 5) is 31.5. The van der Waals surface area contributed by atoms with Gasteiger partial charge >= 0.3 is 0 Å². The van der Waals surface area contributed by atoms with Gasteiger partial charge in [-0.25, -0.2) is 4.99 Å². The standard InChI is InChI=1S/C20H16ClN3O2S/c1-13(25)15-5-7-17(8-6-15)23-11-22-20-24(12-23)19(26)18(27-20)10-14-3-2-4-16(21)9-14/h2-10H,11-12H2,1H3/b18-10-. The highest BCUT2D eigenvalue weighted by Crippen LogP contribution is 2.17. The molecule has 1 aromatic heterocycles. The molecule has 1 aliphatic heterocycles. The number of nitrogens with zero attached hydrogens (tertiary/aromatic N) is 3. The van der Waals surface area contributed by atoms with Crippen LogP contribution in [0, 0.1) is 0 Å². The van der Waals surface area contributed by atoms with Crippen LogP contribution in [0.15, 0.2) is 58.3 Å². The molecule has 7 heteroatoms. The van der Waals surface area contributed by atoms with Crippen LogP contribution in [0.1, 0.15) is 22.8 Å². The van der Waals surface area contributed by atoms with E-state index in [2.05, 4.69) is 4.99 Å². The fraction of sp³-hybridized carbons (Fsp3) is 0.150. The summed E-state index contributed by atoms with van der Waals surface area (Å²) in [5.41, 5.74) is 2.41. The van der Waals surface area contributed by atoms with Gasteiger partial charge in [0, 0.05) is 16.3 Å². The van der Waals surface area contributed by atoms with Crippen molar-refractivity contribution in [2.45, 2.75) is 13.6 Å². The lowest BCUT2D eigenvalue weighted by Crippen LogP contribution is -2.42. The molecule has 0 saturated heterocycles. The molecular formula is C20H16ClN3O2S. The predicted octanol–water partition coefficient (Wildman–Crippen LogP) is 2.65. The van der Waals surface area contributed by atoms with E-state index in [1.54, 1.807) is 29.7 Å². The molecule has 1 aliphatic rings. The molecule has 0 bridgehead atoms. The first-order valence-corrected chi connectivity index (χ1v) is 9.58. The number of hydrogen-bond donors (Lipinski definition) is 0. The Morgan fingerprint density at radius 1 is 1.22 bits per heavy atom. The SMILES string of the molecule is CC(=O)c1ccc(N2CN=c3s/c(=C\c4cccc(Cl)c4)c(=O)n3C2)cc1. The highest BCUT2D eigenvalue weighted by molar-refractivity contribution is 7.07. The first-order chi connectivity index (χ1) is 13.0. The predicted molar refractivity (Wildman–Crippen MR) is 108 cm³/mol. The minimum absolute atomic E-state index is 0.0300. The summed E-state index contributed by atoms with van der Waals surface area (Å²) in [6.45, 7) is 2.44. The van der Waals surface area contributed by atoms with Gasteiger partial charge in [-0.15, -0.1) is 0 Å². The number of hydrogen-bond acceptors (Lipinski definition) is 5. The second kappa shape index (κ2) is 7.13. The molecule has 2 heterocycles. The zero-order valence-electron chi connectivity index (χ0n) is 14.6. The van der Waals surface area contributed by atoms with Gasteiger partial charge in [0.15, 0.2) is 10.6 Å². The minimum Gasteiger partial charge on any atom is -0.334 e. The molecule has 3 aromatic rings. The number of benzene rings is 2. The van der Waals surface area contributed by atoms with Gasteiger partial charge in [0.2, 0.25) is 0 Å². The van der Waals surface area contributed by atoms with Crippen LogP contribution in [0.4, 0.5) is 5.69 Å². The van der Waals surface area contributed by atoms with Crippen LogP contribution in [0.25, 0.3) is 6.08 Å². The third-order valence-electron chi connectivity index (χ3n) is 4.36. The van der Waals surface area contributed by atoms with Crippen molar-refractivity contribution < 1.29 is 4.79 Å². The molecule has 0 saturated carbocycles. The average Bonchev–Trinajstić information content (AvgIpc) is 2.97. The van der Waals surface area contributed by atoms with Gasteiger partial charge in [-0.05, 0) is 55.0 Å². The maximum atomic E-state index is 12.8. The summed E-state index contributed by atoms with van der Waals surface area (Å²) < 4.78 is 2.30. The van der Waals surface area contributed by atoms with Crippen LogP contribution >= 0.6 is 22.9 Å². The number of aromatic nitrogens is 1. The number of Topliss-reactive ketones (excluding diaryl/α,β-unsaturated/α-hetero) is 1. The van der Waals surface area contributed by atoms with Crippen molar-refractivity contribution in [3.05, 3.63) is 84.4 Å². The number of halogens is 1. The average molecular weight is 398 g/mol. The minimum atomic E-state index is -0.0659. The van der Waals surface area contributed by atoms with E-state index in [0.717, 1.165) is 11.3 Å². The zero-order valence-corrected chi connectivity index (χ0v) is 16.1. The molecule has 136 valence electrons. The molecule has 0 spiro atoms. The van der Waals surface area contributed by atoms with Crippen molar-refractivity contribution in [2.75, 3.05) is 11.6 Å². The molecule has 0 aliphatic carbocycles. The largest absolute Gasteiger partial charge is 0.334 e. The number of ketones is 1. The lowest BCUT2D eigenvalue weighted by Gasteiger charge is -2.25. The molecule has 0 unspecified atom stereocenters. The van der Waals surface area contributed by atoms with Gasteiger partial charge in [0.25, 0.3) is 5.56 Å². The normalized spacial score (nSPS) is 14.0. The van der Waals surface area contributed by atoms with Gasteiger partial charge in [0.05, 0.1) is 4.53 Å². The van der Waals surface area contributed by atoms with Crippen LogP contribution in [0.5, 0.6) is 0 Å². The Bertz CT molecular complexity index is 1200. The van der Waals surface area contributed by atoms with Crippen LogP contribution in [-0.2, 0) is 6.67 Å². The van der Waals surface area contributed by atoms with Gasteiger partial charge in [0.1, 0.15) is 13.3 Å². The summed E-state index contributed by atoms with van der Waals surface area (Å²) in [5.74, 6) is 0.0300. The number of anilines is 1. The lowest BCUT2D eigenvalue weighted by molar-refractivity contribution is 0.101. The van der Waals surface area contributed by atoms with Crippen LogP contribution in [-0.4, -0.2) is 17.0 Å². The lowest BCUT2D eigenvalue weighted by atomic mass is 10.1. The second-order valence-corrected chi connectivity index (χ2v) is 7.71. The monoisotopic (exact) mass is 397 g/mol. The van der Waals surface area contributed by atoms with Crippen molar-refractivity contribution in [3.8, 4) is 0 Å². The topological polar surface area (TPSA) is 54.7 Å². The highest BCUT2D eigenvalue weighted by atomic mass is 35.5. The van der Waals surface area contributed by atoms with Gasteiger partial charge < -0.3 is 4.90 Å². The van der Waals surface area contributed by atoms with E-state index >= 15 is 0 Å². The maximum absolute atomic E-state index is 12.8. The quantitative estimate of drug-likeness (QED) is 0.638. The molecule has 0 atom stereocenters. The molecule has 4 rings (SSSR count). The molecule has 0 fully saturated rings. The van der Waals surface area contributed by atoms with Crippen molar-refractivity contribution in [1.82, 2.24) is 4.57 Å². The van der Waals surface area contributed by atoms with Crippen LogP contribution < -0.4 is 19.8 Å². The number of carbonyl (C=O) groups excluding carboxylic acids is 1. The summed E-state index contributed by atoms with van der Waals surface area (Å²) in [6, 6.07) is 14.7. The van der Waals surface area contributed by atoms with E-state index < -0.39 is 0 Å². The third-order valence-corrected chi connectivity index (χ3v) is 5.64. The van der Waals surface area contributed by atoms with E-state index in [4.69, 9.17) is 11.6 Å².